The second-order valence-corrected chi connectivity index (χ2v) is 7.29. The van der Waals surface area contributed by atoms with Crippen LogP contribution in [0.2, 0.25) is 5.02 Å². The highest BCUT2D eigenvalue weighted by atomic mass is 35.5. The number of ether oxygens (including phenoxy) is 1. The van der Waals surface area contributed by atoms with Gasteiger partial charge in [-0.3, -0.25) is 9.59 Å². The molecule has 0 aliphatic rings. The lowest BCUT2D eigenvalue weighted by molar-refractivity contribution is -0.129. The summed E-state index contributed by atoms with van der Waals surface area (Å²) >= 11 is 6.22. The molecule has 0 fully saturated rings. The van der Waals surface area contributed by atoms with Gasteiger partial charge in [0.25, 0.3) is 5.91 Å². The summed E-state index contributed by atoms with van der Waals surface area (Å²) in [4.78, 5) is 24.6. The van der Waals surface area contributed by atoms with Crippen LogP contribution in [0.25, 0.3) is 10.8 Å². The van der Waals surface area contributed by atoms with Gasteiger partial charge in [0.1, 0.15) is 5.75 Å². The minimum atomic E-state index is -0.771. The largest absolute Gasteiger partial charge is 0.480 e. The van der Waals surface area contributed by atoms with Crippen molar-refractivity contribution < 1.29 is 14.3 Å². The van der Waals surface area contributed by atoms with E-state index in [-0.39, 0.29) is 18.4 Å². The summed E-state index contributed by atoms with van der Waals surface area (Å²) in [5, 5.41) is 7.76. The number of nitrogens with one attached hydrogen (secondary N) is 2. The highest BCUT2D eigenvalue weighted by Gasteiger charge is 2.17. The summed E-state index contributed by atoms with van der Waals surface area (Å²) < 4.78 is 5.83. The highest BCUT2D eigenvalue weighted by molar-refractivity contribution is 6.35. The Morgan fingerprint density at radius 1 is 0.966 bits per heavy atom. The van der Waals surface area contributed by atoms with Crippen LogP contribution in [0.3, 0.4) is 0 Å². The van der Waals surface area contributed by atoms with Gasteiger partial charge < -0.3 is 15.4 Å². The first kappa shape index (κ1) is 20.7. The molecule has 3 aromatic carbocycles. The molecule has 0 aliphatic heterocycles. The molecular formula is C23H23ClN2O3. The lowest BCUT2D eigenvalue weighted by atomic mass is 10.1. The summed E-state index contributed by atoms with van der Waals surface area (Å²) in [5.74, 6) is -0.104. The van der Waals surface area contributed by atoms with E-state index in [4.69, 9.17) is 16.3 Å². The zero-order valence-corrected chi connectivity index (χ0v) is 17.3. The lowest BCUT2D eigenvalue weighted by Crippen LogP contribution is -2.40. The summed E-state index contributed by atoms with van der Waals surface area (Å²) in [6.07, 6.45) is -0.771. The van der Waals surface area contributed by atoms with Crippen molar-refractivity contribution >= 4 is 39.9 Å². The minimum Gasteiger partial charge on any atom is -0.480 e. The van der Waals surface area contributed by atoms with E-state index in [2.05, 4.69) is 10.6 Å². The number of carbonyl (C=O) groups excluding carboxylic acids is 2. The molecule has 0 heterocycles. The number of amides is 2. The van der Waals surface area contributed by atoms with E-state index in [1.807, 2.05) is 56.3 Å². The van der Waals surface area contributed by atoms with Crippen LogP contribution in [0.1, 0.15) is 18.1 Å². The second-order valence-electron chi connectivity index (χ2n) is 6.88. The molecule has 0 aromatic heterocycles. The van der Waals surface area contributed by atoms with Gasteiger partial charge in [0.05, 0.1) is 6.54 Å². The highest BCUT2D eigenvalue weighted by Crippen LogP contribution is 2.31. The number of halogens is 1. The smallest absolute Gasteiger partial charge is 0.261 e. The molecule has 3 aromatic rings. The van der Waals surface area contributed by atoms with Crippen LogP contribution >= 0.6 is 11.6 Å². The van der Waals surface area contributed by atoms with Crippen LogP contribution < -0.4 is 15.4 Å². The molecule has 0 aliphatic carbocycles. The van der Waals surface area contributed by atoms with E-state index in [0.29, 0.717) is 10.8 Å². The molecule has 0 spiro atoms. The molecule has 2 amide bonds. The summed E-state index contributed by atoms with van der Waals surface area (Å²) in [5.41, 5.74) is 2.70. The van der Waals surface area contributed by atoms with Gasteiger partial charge in [0.2, 0.25) is 5.91 Å². The number of hydrogen-bond acceptors (Lipinski definition) is 3. The van der Waals surface area contributed by atoms with Crippen molar-refractivity contribution in [1.29, 1.82) is 0 Å². The predicted molar refractivity (Wildman–Crippen MR) is 117 cm³/mol. The van der Waals surface area contributed by atoms with Gasteiger partial charge in [-0.05, 0) is 44.0 Å². The maximum absolute atomic E-state index is 12.4. The minimum absolute atomic E-state index is 0.137. The van der Waals surface area contributed by atoms with E-state index in [9.17, 15) is 9.59 Å². The number of benzene rings is 3. The monoisotopic (exact) mass is 410 g/mol. The summed E-state index contributed by atoms with van der Waals surface area (Å²) in [7, 11) is 0. The Morgan fingerprint density at radius 3 is 2.31 bits per heavy atom. The van der Waals surface area contributed by atoms with Crippen LogP contribution in [0.15, 0.2) is 54.6 Å². The Balaban J connectivity index is 1.60. The molecule has 1 atom stereocenters. The molecule has 0 radical (unpaired) electrons. The van der Waals surface area contributed by atoms with Gasteiger partial charge in [-0.25, -0.2) is 0 Å². The third kappa shape index (κ3) is 4.87. The average Bonchev–Trinajstić information content (AvgIpc) is 2.71. The van der Waals surface area contributed by atoms with E-state index in [1.165, 1.54) is 0 Å². The molecule has 6 heteroatoms. The lowest BCUT2D eigenvalue weighted by Gasteiger charge is -2.17. The third-order valence-corrected chi connectivity index (χ3v) is 5.00. The maximum atomic E-state index is 12.4. The van der Waals surface area contributed by atoms with Crippen molar-refractivity contribution in [3.8, 4) is 5.75 Å². The van der Waals surface area contributed by atoms with Gasteiger partial charge in [-0.15, -0.1) is 0 Å². The molecule has 3 rings (SSSR count). The van der Waals surface area contributed by atoms with Crippen LogP contribution in [0.4, 0.5) is 5.69 Å². The number of para-hydroxylation sites is 1. The number of carbonyl (C=O) groups is 2. The topological polar surface area (TPSA) is 67.4 Å². The molecule has 2 N–H and O–H groups in total. The zero-order chi connectivity index (χ0) is 21.0. The molecular weight excluding hydrogens is 388 g/mol. The Hall–Kier alpha value is -3.05. The quantitative estimate of drug-likeness (QED) is 0.622. The molecule has 150 valence electrons. The Morgan fingerprint density at radius 2 is 1.62 bits per heavy atom. The van der Waals surface area contributed by atoms with Crippen molar-refractivity contribution in [3.63, 3.8) is 0 Å². The fourth-order valence-electron chi connectivity index (χ4n) is 3.09. The standard InChI is InChI=1S/C23H23ClN2O3/c1-14-7-6-8-15(2)22(14)26-21(27)13-25-23(28)16(3)29-20-12-11-19(24)17-9-4-5-10-18(17)20/h4-12,16H,13H2,1-3H3,(H,25,28)(H,26,27)/t16-/m0/s1. The molecule has 0 unspecified atom stereocenters. The zero-order valence-electron chi connectivity index (χ0n) is 16.6. The average molecular weight is 411 g/mol. The first-order valence-corrected chi connectivity index (χ1v) is 9.72. The van der Waals surface area contributed by atoms with Crippen molar-refractivity contribution in [1.82, 2.24) is 5.32 Å². The Kier molecular flexibility index (Phi) is 6.39. The molecule has 5 nitrogen and oxygen atoms in total. The first-order valence-electron chi connectivity index (χ1n) is 9.34. The van der Waals surface area contributed by atoms with Gasteiger partial charge in [-0.2, -0.15) is 0 Å². The van der Waals surface area contributed by atoms with Crippen LogP contribution in [0, 0.1) is 13.8 Å². The molecule has 0 bridgehead atoms. The van der Waals surface area contributed by atoms with Crippen molar-refractivity contribution in [2.45, 2.75) is 26.9 Å². The van der Waals surface area contributed by atoms with E-state index < -0.39 is 6.10 Å². The van der Waals surface area contributed by atoms with Crippen molar-refractivity contribution in [2.75, 3.05) is 11.9 Å². The van der Waals surface area contributed by atoms with Crippen molar-refractivity contribution in [2.24, 2.45) is 0 Å². The number of hydrogen-bond donors (Lipinski definition) is 2. The Bertz CT molecular complexity index is 1040. The van der Waals surface area contributed by atoms with E-state index in [0.717, 1.165) is 27.6 Å². The van der Waals surface area contributed by atoms with Crippen LogP contribution in [0.5, 0.6) is 5.75 Å². The number of anilines is 1. The predicted octanol–water partition coefficient (Wildman–Crippen LogP) is 4.63. The van der Waals surface area contributed by atoms with Gasteiger partial charge >= 0.3 is 0 Å². The number of fused-ring (bicyclic) bond motifs is 1. The number of aryl methyl sites for hydroxylation is 2. The maximum Gasteiger partial charge on any atom is 0.261 e. The SMILES string of the molecule is Cc1cccc(C)c1NC(=O)CNC(=O)[C@H](C)Oc1ccc(Cl)c2ccccc12. The Labute approximate surface area is 175 Å². The van der Waals surface area contributed by atoms with Crippen LogP contribution in [-0.4, -0.2) is 24.5 Å². The number of rotatable bonds is 6. The third-order valence-electron chi connectivity index (χ3n) is 4.67. The summed E-state index contributed by atoms with van der Waals surface area (Å²) in [6, 6.07) is 16.8. The normalized spacial score (nSPS) is 11.7. The fourth-order valence-corrected chi connectivity index (χ4v) is 3.32. The van der Waals surface area contributed by atoms with Crippen molar-refractivity contribution in [3.05, 3.63) is 70.7 Å². The van der Waals surface area contributed by atoms with Gasteiger partial charge in [0, 0.05) is 21.5 Å². The van der Waals surface area contributed by atoms with Gasteiger partial charge in [-0.1, -0.05) is 54.1 Å². The fraction of sp³-hybridized carbons (Fsp3) is 0.217. The van der Waals surface area contributed by atoms with E-state index >= 15 is 0 Å². The second kappa shape index (κ2) is 8.97. The van der Waals surface area contributed by atoms with Gasteiger partial charge in [0.15, 0.2) is 6.10 Å². The summed E-state index contributed by atoms with van der Waals surface area (Å²) in [6.45, 7) is 5.35. The molecule has 29 heavy (non-hydrogen) atoms. The van der Waals surface area contributed by atoms with E-state index in [1.54, 1.807) is 19.1 Å². The first-order chi connectivity index (χ1) is 13.9. The molecule has 0 saturated heterocycles. The molecule has 0 saturated carbocycles. The van der Waals surface area contributed by atoms with Crippen LogP contribution in [-0.2, 0) is 9.59 Å².